The smallest absolute Gasteiger partial charge is 0.417 e. The van der Waals surface area contributed by atoms with Crippen molar-refractivity contribution in [3.05, 3.63) is 40.1 Å². The summed E-state index contributed by atoms with van der Waals surface area (Å²) in [5.41, 5.74) is 1.71. The maximum Gasteiger partial charge on any atom is 0.417 e. The van der Waals surface area contributed by atoms with Gasteiger partial charge in [-0.05, 0) is 32.0 Å². The molecule has 0 aliphatic rings. The minimum absolute atomic E-state index is 0.0262. The summed E-state index contributed by atoms with van der Waals surface area (Å²) in [6, 6.07) is 4.23. The molecule has 0 spiro atoms. The lowest BCUT2D eigenvalue weighted by atomic mass is 10.3. The van der Waals surface area contributed by atoms with Crippen LogP contribution in [0, 0.1) is 13.8 Å². The summed E-state index contributed by atoms with van der Waals surface area (Å²) in [5, 5.41) is 0. The van der Waals surface area contributed by atoms with E-state index in [-0.39, 0.29) is 22.2 Å². The zero-order valence-corrected chi connectivity index (χ0v) is 13.9. The third kappa shape index (κ3) is 2.83. The molecule has 9 nitrogen and oxygen atoms in total. The Morgan fingerprint density at radius 3 is 2.50 bits per heavy atom. The number of fused-ring (bicyclic) bond motifs is 1. The highest BCUT2D eigenvalue weighted by Crippen LogP contribution is 2.24. The molecule has 0 fully saturated rings. The van der Waals surface area contributed by atoms with E-state index in [1.807, 2.05) is 0 Å². The number of sulfonamides is 1. The number of anilines is 1. The lowest BCUT2D eigenvalue weighted by molar-refractivity contribution is 0.378. The highest BCUT2D eigenvalue weighted by molar-refractivity contribution is 7.92. The van der Waals surface area contributed by atoms with Crippen molar-refractivity contribution in [2.45, 2.75) is 18.7 Å². The van der Waals surface area contributed by atoms with Gasteiger partial charge in [-0.25, -0.2) is 13.2 Å². The summed E-state index contributed by atoms with van der Waals surface area (Å²) in [5.74, 6) is -0.650. The van der Waals surface area contributed by atoms with Crippen molar-refractivity contribution >= 4 is 26.8 Å². The molecule has 3 rings (SSSR count). The van der Waals surface area contributed by atoms with Gasteiger partial charge < -0.3 is 9.15 Å². The number of nitrogens with one attached hydrogen (secondary N) is 2. The summed E-state index contributed by atoms with van der Waals surface area (Å²) in [4.78, 5) is 21.7. The minimum Gasteiger partial charge on any atom is -0.467 e. The first-order valence-corrected chi connectivity index (χ1v) is 8.33. The van der Waals surface area contributed by atoms with Crippen LogP contribution in [0.3, 0.4) is 0 Å². The molecule has 126 valence electrons. The van der Waals surface area contributed by atoms with Crippen LogP contribution in [-0.4, -0.2) is 30.5 Å². The second kappa shape index (κ2) is 5.64. The lowest BCUT2D eigenvalue weighted by Crippen LogP contribution is -2.16. The number of H-pyrrole nitrogens is 1. The van der Waals surface area contributed by atoms with Crippen molar-refractivity contribution in [3.8, 4) is 6.01 Å². The summed E-state index contributed by atoms with van der Waals surface area (Å²) in [6.45, 7) is 3.29. The summed E-state index contributed by atoms with van der Waals surface area (Å²) >= 11 is 0. The van der Waals surface area contributed by atoms with Gasteiger partial charge in [0.2, 0.25) is 0 Å². The second-order valence-corrected chi connectivity index (χ2v) is 6.72. The molecule has 0 radical (unpaired) electrons. The maximum absolute atomic E-state index is 12.6. The first-order chi connectivity index (χ1) is 11.3. The van der Waals surface area contributed by atoms with E-state index in [4.69, 9.17) is 9.15 Å². The average Bonchev–Trinajstić information content (AvgIpc) is 2.89. The highest BCUT2D eigenvalue weighted by Gasteiger charge is 2.19. The largest absolute Gasteiger partial charge is 0.467 e. The van der Waals surface area contributed by atoms with E-state index < -0.39 is 15.8 Å². The van der Waals surface area contributed by atoms with Gasteiger partial charge in [0.15, 0.2) is 5.58 Å². The number of ether oxygens (including phenoxy) is 1. The molecule has 0 unspecified atom stereocenters. The second-order valence-electron chi connectivity index (χ2n) is 5.03. The van der Waals surface area contributed by atoms with E-state index >= 15 is 0 Å². The number of hydrogen-bond donors (Lipinski definition) is 2. The van der Waals surface area contributed by atoms with E-state index in [9.17, 15) is 13.2 Å². The summed E-state index contributed by atoms with van der Waals surface area (Å²) in [7, 11) is -2.47. The molecule has 0 atom stereocenters. The normalized spacial score (nSPS) is 11.6. The fourth-order valence-electron chi connectivity index (χ4n) is 2.22. The zero-order chi connectivity index (χ0) is 17.5. The molecule has 3 aromatic rings. The monoisotopic (exact) mass is 350 g/mol. The van der Waals surface area contributed by atoms with Crippen LogP contribution in [0.25, 0.3) is 11.1 Å². The van der Waals surface area contributed by atoms with Crippen LogP contribution in [0.15, 0.2) is 32.3 Å². The Bertz CT molecular complexity index is 1060. The number of aryl methyl sites for hydroxylation is 2. The van der Waals surface area contributed by atoms with Crippen molar-refractivity contribution in [1.82, 2.24) is 15.0 Å². The fourth-order valence-corrected chi connectivity index (χ4v) is 3.42. The minimum atomic E-state index is -3.89. The summed E-state index contributed by atoms with van der Waals surface area (Å²) in [6.07, 6.45) is 0. The molecule has 0 aliphatic heterocycles. The van der Waals surface area contributed by atoms with Crippen LogP contribution < -0.4 is 15.2 Å². The van der Waals surface area contributed by atoms with Crippen LogP contribution in [0.2, 0.25) is 0 Å². The number of oxazole rings is 1. The molecule has 0 saturated heterocycles. The third-order valence-corrected chi connectivity index (χ3v) is 4.72. The number of nitrogens with zero attached hydrogens (tertiary/aromatic N) is 2. The van der Waals surface area contributed by atoms with Crippen molar-refractivity contribution in [1.29, 1.82) is 0 Å². The first-order valence-electron chi connectivity index (χ1n) is 6.85. The van der Waals surface area contributed by atoms with Crippen molar-refractivity contribution in [3.63, 3.8) is 0 Å². The van der Waals surface area contributed by atoms with Gasteiger partial charge >= 0.3 is 11.8 Å². The predicted octanol–water partition coefficient (Wildman–Crippen LogP) is 1.34. The van der Waals surface area contributed by atoms with E-state index in [2.05, 4.69) is 19.7 Å². The van der Waals surface area contributed by atoms with Crippen LogP contribution in [0.1, 0.15) is 11.4 Å². The molecule has 0 saturated carbocycles. The molecule has 24 heavy (non-hydrogen) atoms. The van der Waals surface area contributed by atoms with Crippen LogP contribution in [0.5, 0.6) is 6.01 Å². The van der Waals surface area contributed by atoms with Crippen LogP contribution >= 0.6 is 0 Å². The van der Waals surface area contributed by atoms with E-state index in [0.717, 1.165) is 0 Å². The highest BCUT2D eigenvalue weighted by atomic mass is 32.2. The Labute approximate surface area is 136 Å². The maximum atomic E-state index is 12.6. The molecule has 0 amide bonds. The third-order valence-electron chi connectivity index (χ3n) is 3.37. The Hall–Kier alpha value is -2.88. The predicted molar refractivity (Wildman–Crippen MR) is 85.7 cm³/mol. The lowest BCUT2D eigenvalue weighted by Gasteiger charge is -2.13. The Kier molecular flexibility index (Phi) is 3.76. The average molecular weight is 350 g/mol. The topological polar surface area (TPSA) is 127 Å². The van der Waals surface area contributed by atoms with Crippen LogP contribution in [-0.2, 0) is 10.0 Å². The molecule has 1 aromatic carbocycles. The number of aromatic nitrogens is 3. The molecule has 2 heterocycles. The Morgan fingerprint density at radius 2 is 1.88 bits per heavy atom. The van der Waals surface area contributed by atoms with E-state index in [0.29, 0.717) is 16.9 Å². The standard InChI is InChI=1S/C14H14N4O5S/c1-7-12(8(2)16-13(15-7)22-3)18-24(20,21)9-4-5-11-10(6-9)17-14(19)23-11/h4-6,18H,1-3H3,(H,17,19). The fraction of sp³-hybridized carbons (Fsp3) is 0.214. The van der Waals surface area contributed by atoms with E-state index in [1.54, 1.807) is 13.8 Å². The van der Waals surface area contributed by atoms with Gasteiger partial charge in [0.25, 0.3) is 10.0 Å². The van der Waals surface area contributed by atoms with Gasteiger partial charge in [-0.1, -0.05) is 0 Å². The molecular weight excluding hydrogens is 336 g/mol. The SMILES string of the molecule is COc1nc(C)c(NS(=O)(=O)c2ccc3oc(=O)[nH]c3c2)c(C)n1. The first kappa shape index (κ1) is 16.0. The summed E-state index contributed by atoms with van der Waals surface area (Å²) < 4.78 is 37.5. The molecule has 0 aliphatic carbocycles. The van der Waals surface area contributed by atoms with Crippen LogP contribution in [0.4, 0.5) is 5.69 Å². The van der Waals surface area contributed by atoms with Gasteiger partial charge in [-0.15, -0.1) is 0 Å². The van der Waals surface area contributed by atoms with E-state index in [1.165, 1.54) is 25.3 Å². The number of benzene rings is 1. The van der Waals surface area contributed by atoms with Gasteiger partial charge in [-0.2, -0.15) is 9.97 Å². The molecule has 2 N–H and O–H groups in total. The van der Waals surface area contributed by atoms with Gasteiger partial charge in [0.05, 0.1) is 34.6 Å². The quantitative estimate of drug-likeness (QED) is 0.726. The Morgan fingerprint density at radius 1 is 1.21 bits per heavy atom. The van der Waals surface area contributed by atoms with Gasteiger partial charge in [-0.3, -0.25) is 9.71 Å². The molecule has 0 bridgehead atoms. The number of methoxy groups -OCH3 is 1. The van der Waals surface area contributed by atoms with Crippen molar-refractivity contribution in [2.24, 2.45) is 0 Å². The van der Waals surface area contributed by atoms with Gasteiger partial charge in [0, 0.05) is 0 Å². The molecule has 10 heteroatoms. The number of aromatic amines is 1. The zero-order valence-electron chi connectivity index (χ0n) is 13.1. The number of rotatable bonds is 4. The Balaban J connectivity index is 2.03. The number of hydrogen-bond acceptors (Lipinski definition) is 7. The molecular formula is C14H14N4O5S. The molecule has 2 aromatic heterocycles. The van der Waals surface area contributed by atoms with Gasteiger partial charge in [0.1, 0.15) is 0 Å². The van der Waals surface area contributed by atoms with Crippen molar-refractivity contribution in [2.75, 3.05) is 11.8 Å². The van der Waals surface area contributed by atoms with Crippen molar-refractivity contribution < 1.29 is 17.6 Å².